The van der Waals surface area contributed by atoms with Crippen LogP contribution in [0.25, 0.3) is 0 Å². The normalized spacial score (nSPS) is 17.4. The molecule has 2 unspecified atom stereocenters. The molecule has 0 aromatic heterocycles. The Morgan fingerprint density at radius 1 is 1.26 bits per heavy atom. The van der Waals surface area contributed by atoms with Gasteiger partial charge in [-0.1, -0.05) is 30.3 Å². The minimum absolute atomic E-state index is 0. The third kappa shape index (κ3) is 9.32. The Morgan fingerprint density at radius 3 is 2.48 bits per heavy atom. The van der Waals surface area contributed by atoms with Crippen molar-refractivity contribution in [3.05, 3.63) is 35.9 Å². The highest BCUT2D eigenvalue weighted by atomic mass is 127. The molecule has 1 aromatic carbocycles. The summed E-state index contributed by atoms with van der Waals surface area (Å²) in [6.45, 7) is 8.81. The number of halogens is 1. The maximum atomic E-state index is 12.3. The van der Waals surface area contributed by atoms with Crippen molar-refractivity contribution in [1.82, 2.24) is 20.4 Å². The molecule has 0 spiro atoms. The standard InChI is InChI=1S/C22H35N5O3.HI/c1-16(17-10-8-7-9-11-17)24-20(23-14-19(28)26(5)6)25-18-12-13-27(15-18)21(29)30-22(2,3)4;/h7-11,16,18H,12-15H2,1-6H3,(H2,23,24,25);1H. The van der Waals surface area contributed by atoms with Crippen LogP contribution in [0.1, 0.15) is 45.7 Å². The van der Waals surface area contributed by atoms with Crippen LogP contribution in [0.2, 0.25) is 0 Å². The Morgan fingerprint density at radius 2 is 1.90 bits per heavy atom. The number of benzene rings is 1. The third-order valence-corrected chi connectivity index (χ3v) is 4.70. The van der Waals surface area contributed by atoms with Gasteiger partial charge in [-0.25, -0.2) is 9.79 Å². The van der Waals surface area contributed by atoms with Crippen molar-refractivity contribution in [3.8, 4) is 0 Å². The maximum absolute atomic E-state index is 12.3. The number of guanidine groups is 1. The number of aliphatic imine (C=N–C) groups is 1. The molecule has 1 saturated heterocycles. The molecular weight excluding hydrogens is 509 g/mol. The smallest absolute Gasteiger partial charge is 0.410 e. The van der Waals surface area contributed by atoms with E-state index < -0.39 is 5.60 Å². The van der Waals surface area contributed by atoms with Gasteiger partial charge in [0.2, 0.25) is 5.91 Å². The quantitative estimate of drug-likeness (QED) is 0.338. The van der Waals surface area contributed by atoms with E-state index in [4.69, 9.17) is 4.74 Å². The van der Waals surface area contributed by atoms with Crippen LogP contribution in [0, 0.1) is 0 Å². The predicted molar refractivity (Wildman–Crippen MR) is 134 cm³/mol. The molecule has 2 N–H and O–H groups in total. The van der Waals surface area contributed by atoms with Gasteiger partial charge in [-0.15, -0.1) is 24.0 Å². The first kappa shape index (κ1) is 27.0. The van der Waals surface area contributed by atoms with E-state index in [1.807, 2.05) is 58.0 Å². The van der Waals surface area contributed by atoms with E-state index >= 15 is 0 Å². The zero-order valence-corrected chi connectivity index (χ0v) is 21.7. The fourth-order valence-electron chi connectivity index (χ4n) is 3.01. The number of amides is 2. The van der Waals surface area contributed by atoms with Gasteiger partial charge in [0.05, 0.1) is 6.04 Å². The zero-order chi connectivity index (χ0) is 22.3. The van der Waals surface area contributed by atoms with Crippen molar-refractivity contribution in [3.63, 3.8) is 0 Å². The molecule has 9 heteroatoms. The highest BCUT2D eigenvalue weighted by Crippen LogP contribution is 2.16. The number of ether oxygens (including phenoxy) is 1. The second-order valence-electron chi connectivity index (χ2n) is 8.79. The van der Waals surface area contributed by atoms with Gasteiger partial charge in [-0.05, 0) is 39.7 Å². The van der Waals surface area contributed by atoms with Gasteiger partial charge in [0, 0.05) is 33.2 Å². The fourth-order valence-corrected chi connectivity index (χ4v) is 3.01. The molecule has 1 aromatic rings. The van der Waals surface area contributed by atoms with Gasteiger partial charge in [0.1, 0.15) is 12.1 Å². The summed E-state index contributed by atoms with van der Waals surface area (Å²) in [5, 5.41) is 6.75. The monoisotopic (exact) mass is 545 g/mol. The second-order valence-corrected chi connectivity index (χ2v) is 8.79. The van der Waals surface area contributed by atoms with Crippen LogP contribution in [0.4, 0.5) is 4.79 Å². The Hall–Kier alpha value is -2.04. The number of nitrogens with one attached hydrogen (secondary N) is 2. The summed E-state index contributed by atoms with van der Waals surface area (Å²) in [5.74, 6) is 0.475. The number of carbonyl (C=O) groups excluding carboxylic acids is 2. The van der Waals surface area contributed by atoms with Crippen molar-refractivity contribution in [2.45, 2.75) is 51.8 Å². The molecule has 0 aliphatic carbocycles. The van der Waals surface area contributed by atoms with Crippen molar-refractivity contribution < 1.29 is 14.3 Å². The molecule has 1 aliphatic rings. The largest absolute Gasteiger partial charge is 0.444 e. The predicted octanol–water partition coefficient (Wildman–Crippen LogP) is 3.00. The van der Waals surface area contributed by atoms with Gasteiger partial charge in [-0.2, -0.15) is 0 Å². The number of nitrogens with zero attached hydrogens (tertiary/aromatic N) is 3. The van der Waals surface area contributed by atoms with Crippen molar-refractivity contribution in [2.24, 2.45) is 4.99 Å². The molecule has 2 amide bonds. The van der Waals surface area contributed by atoms with E-state index in [0.29, 0.717) is 19.0 Å². The molecule has 2 atom stereocenters. The number of likely N-dealkylation sites (N-methyl/N-ethyl adjacent to an activating group) is 1. The fraction of sp³-hybridized carbons (Fsp3) is 0.591. The van der Waals surface area contributed by atoms with E-state index in [2.05, 4.69) is 15.6 Å². The lowest BCUT2D eigenvalue weighted by atomic mass is 10.1. The molecule has 31 heavy (non-hydrogen) atoms. The number of likely N-dealkylation sites (tertiary alicyclic amines) is 1. The van der Waals surface area contributed by atoms with E-state index in [1.165, 1.54) is 4.90 Å². The van der Waals surface area contributed by atoms with E-state index in [9.17, 15) is 9.59 Å². The van der Waals surface area contributed by atoms with Gasteiger partial charge in [0.15, 0.2) is 5.96 Å². The van der Waals surface area contributed by atoms with Gasteiger partial charge >= 0.3 is 6.09 Å². The molecule has 1 aliphatic heterocycles. The van der Waals surface area contributed by atoms with Crippen LogP contribution in [0.15, 0.2) is 35.3 Å². The molecule has 1 fully saturated rings. The lowest BCUT2D eigenvalue weighted by molar-refractivity contribution is -0.127. The SMILES string of the molecule is CC(NC(=NCC(=O)N(C)C)NC1CCN(C(=O)OC(C)(C)C)C1)c1ccccc1.I. The van der Waals surface area contributed by atoms with Crippen LogP contribution in [0.5, 0.6) is 0 Å². The van der Waals surface area contributed by atoms with Crippen LogP contribution in [-0.4, -0.2) is 73.1 Å². The highest BCUT2D eigenvalue weighted by molar-refractivity contribution is 14.0. The first-order valence-electron chi connectivity index (χ1n) is 10.4. The Balaban J connectivity index is 0.00000480. The minimum Gasteiger partial charge on any atom is -0.444 e. The zero-order valence-electron chi connectivity index (χ0n) is 19.3. The maximum Gasteiger partial charge on any atom is 0.410 e. The molecule has 2 rings (SSSR count). The number of carbonyl (C=O) groups is 2. The van der Waals surface area contributed by atoms with Crippen molar-refractivity contribution in [2.75, 3.05) is 33.7 Å². The molecule has 0 bridgehead atoms. The Bertz CT molecular complexity index is 749. The van der Waals surface area contributed by atoms with Gasteiger partial charge in [0.25, 0.3) is 0 Å². The Labute approximate surface area is 202 Å². The summed E-state index contributed by atoms with van der Waals surface area (Å²) in [6, 6.07) is 10.1. The summed E-state index contributed by atoms with van der Waals surface area (Å²) in [5.41, 5.74) is 0.599. The topological polar surface area (TPSA) is 86.3 Å². The molecule has 174 valence electrons. The number of rotatable bonds is 5. The molecule has 8 nitrogen and oxygen atoms in total. The van der Waals surface area contributed by atoms with Crippen molar-refractivity contribution >= 4 is 41.9 Å². The van der Waals surface area contributed by atoms with Gasteiger partial charge < -0.3 is 25.2 Å². The van der Waals surface area contributed by atoms with Gasteiger partial charge in [-0.3, -0.25) is 4.79 Å². The average molecular weight is 545 g/mol. The lowest BCUT2D eigenvalue weighted by Gasteiger charge is -2.25. The minimum atomic E-state index is -0.519. The average Bonchev–Trinajstić information content (AvgIpc) is 3.13. The highest BCUT2D eigenvalue weighted by Gasteiger charge is 2.30. The number of hydrogen-bond donors (Lipinski definition) is 2. The summed E-state index contributed by atoms with van der Waals surface area (Å²) < 4.78 is 5.47. The summed E-state index contributed by atoms with van der Waals surface area (Å²) in [7, 11) is 3.42. The van der Waals surface area contributed by atoms with Crippen molar-refractivity contribution in [1.29, 1.82) is 0 Å². The second kappa shape index (κ2) is 12.1. The summed E-state index contributed by atoms with van der Waals surface area (Å²) in [4.78, 5) is 32.0. The van der Waals surface area contributed by atoms with Crippen LogP contribution < -0.4 is 10.6 Å². The van der Waals surface area contributed by atoms with E-state index in [0.717, 1.165) is 12.0 Å². The van der Waals surface area contributed by atoms with E-state index in [-0.39, 0.29) is 54.6 Å². The van der Waals surface area contributed by atoms with Crippen LogP contribution in [0.3, 0.4) is 0 Å². The first-order chi connectivity index (χ1) is 14.0. The van der Waals surface area contributed by atoms with Crippen LogP contribution >= 0.6 is 24.0 Å². The molecular formula is C22H36IN5O3. The van der Waals surface area contributed by atoms with E-state index in [1.54, 1.807) is 19.0 Å². The molecule has 0 saturated carbocycles. The van der Waals surface area contributed by atoms with Crippen LogP contribution in [-0.2, 0) is 9.53 Å². The first-order valence-corrected chi connectivity index (χ1v) is 10.4. The summed E-state index contributed by atoms with van der Waals surface area (Å²) >= 11 is 0. The molecule has 1 heterocycles. The summed E-state index contributed by atoms with van der Waals surface area (Å²) in [6.07, 6.45) is 0.472. The molecule has 0 radical (unpaired) electrons. The number of hydrogen-bond acceptors (Lipinski definition) is 4. The third-order valence-electron chi connectivity index (χ3n) is 4.70. The Kier molecular flexibility index (Phi) is 10.5. The lowest BCUT2D eigenvalue weighted by Crippen LogP contribution is -2.46.